The lowest BCUT2D eigenvalue weighted by atomic mass is 10.1. The lowest BCUT2D eigenvalue weighted by Gasteiger charge is -2.15. The molecular weight excluding hydrogens is 204 g/mol. The lowest BCUT2D eigenvalue weighted by molar-refractivity contribution is -0.142. The molecule has 0 radical (unpaired) electrons. The summed E-state index contributed by atoms with van der Waals surface area (Å²) in [4.78, 5) is 11.1. The van der Waals surface area contributed by atoms with E-state index in [0.29, 0.717) is 6.61 Å². The van der Waals surface area contributed by atoms with E-state index in [1.165, 1.54) is 0 Å². The van der Waals surface area contributed by atoms with Gasteiger partial charge in [0.25, 0.3) is 0 Å². The van der Waals surface area contributed by atoms with Crippen LogP contribution >= 0.6 is 0 Å². The quantitative estimate of drug-likeness (QED) is 0.585. The molecule has 0 spiro atoms. The first-order chi connectivity index (χ1) is 7.65. The Labute approximate surface area is 95.8 Å². The Kier molecular flexibility index (Phi) is 4.79. The number of benzene rings is 1. The van der Waals surface area contributed by atoms with E-state index in [4.69, 9.17) is 10.5 Å². The fraction of sp³-hybridized carbons (Fsp3) is 0.417. The number of hydrogen-bond donors (Lipinski definition) is 2. The fourth-order valence-electron chi connectivity index (χ4n) is 1.46. The number of rotatable bonds is 5. The molecular formula is C12H18N2O2. The molecule has 16 heavy (non-hydrogen) atoms. The van der Waals surface area contributed by atoms with Crippen LogP contribution in [0.15, 0.2) is 24.3 Å². The molecule has 0 amide bonds. The SMILES string of the molecule is CCOC(=O)CN[C@@H](C)c1ccccc1N. The fourth-order valence-corrected chi connectivity index (χ4v) is 1.46. The number of nitrogen functional groups attached to an aromatic ring is 1. The van der Waals surface area contributed by atoms with Gasteiger partial charge in [-0.2, -0.15) is 0 Å². The van der Waals surface area contributed by atoms with E-state index >= 15 is 0 Å². The van der Waals surface area contributed by atoms with Crippen LogP contribution < -0.4 is 11.1 Å². The monoisotopic (exact) mass is 222 g/mol. The van der Waals surface area contributed by atoms with Gasteiger partial charge in [-0.05, 0) is 25.5 Å². The summed E-state index contributed by atoms with van der Waals surface area (Å²) in [5, 5.41) is 3.07. The Morgan fingerprint density at radius 3 is 2.81 bits per heavy atom. The van der Waals surface area contributed by atoms with Gasteiger partial charge < -0.3 is 15.8 Å². The van der Waals surface area contributed by atoms with Crippen LogP contribution in [-0.4, -0.2) is 19.1 Å². The molecule has 0 fully saturated rings. The molecule has 1 aromatic carbocycles. The standard InChI is InChI=1S/C12H18N2O2/c1-3-16-12(15)8-14-9(2)10-6-4-5-7-11(10)13/h4-7,9,14H,3,8,13H2,1-2H3/t9-/m0/s1. The molecule has 1 atom stereocenters. The van der Waals surface area contributed by atoms with Crippen molar-refractivity contribution in [1.82, 2.24) is 5.32 Å². The van der Waals surface area contributed by atoms with Gasteiger partial charge in [0.05, 0.1) is 13.2 Å². The molecule has 0 bridgehead atoms. The number of ether oxygens (including phenoxy) is 1. The van der Waals surface area contributed by atoms with Crippen LogP contribution in [0.3, 0.4) is 0 Å². The maximum absolute atomic E-state index is 11.1. The smallest absolute Gasteiger partial charge is 0.319 e. The minimum atomic E-state index is -0.246. The van der Waals surface area contributed by atoms with Crippen LogP contribution in [-0.2, 0) is 9.53 Å². The average molecular weight is 222 g/mol. The minimum Gasteiger partial charge on any atom is -0.465 e. The number of carbonyl (C=O) groups is 1. The third-order valence-corrected chi connectivity index (χ3v) is 2.32. The zero-order valence-electron chi connectivity index (χ0n) is 9.69. The zero-order valence-corrected chi connectivity index (χ0v) is 9.69. The molecule has 0 aliphatic carbocycles. The Hall–Kier alpha value is -1.55. The summed E-state index contributed by atoms with van der Waals surface area (Å²) in [7, 11) is 0. The van der Waals surface area contributed by atoms with Crippen molar-refractivity contribution in [3.8, 4) is 0 Å². The van der Waals surface area contributed by atoms with Crippen LogP contribution in [0.1, 0.15) is 25.5 Å². The van der Waals surface area contributed by atoms with E-state index in [0.717, 1.165) is 11.3 Å². The molecule has 0 aliphatic heterocycles. The molecule has 1 aromatic rings. The Morgan fingerprint density at radius 1 is 1.50 bits per heavy atom. The van der Waals surface area contributed by atoms with Crippen molar-refractivity contribution in [2.24, 2.45) is 0 Å². The van der Waals surface area contributed by atoms with Crippen molar-refractivity contribution in [2.45, 2.75) is 19.9 Å². The highest BCUT2D eigenvalue weighted by molar-refractivity contribution is 5.71. The van der Waals surface area contributed by atoms with E-state index in [-0.39, 0.29) is 18.6 Å². The highest BCUT2D eigenvalue weighted by Gasteiger charge is 2.09. The summed E-state index contributed by atoms with van der Waals surface area (Å²) in [6.45, 7) is 4.35. The van der Waals surface area contributed by atoms with Crippen molar-refractivity contribution >= 4 is 11.7 Å². The lowest BCUT2D eigenvalue weighted by Crippen LogP contribution is -2.27. The minimum absolute atomic E-state index is 0.0330. The van der Waals surface area contributed by atoms with Crippen molar-refractivity contribution in [2.75, 3.05) is 18.9 Å². The highest BCUT2D eigenvalue weighted by atomic mass is 16.5. The molecule has 0 saturated carbocycles. The second-order valence-electron chi connectivity index (χ2n) is 3.54. The van der Waals surface area contributed by atoms with E-state index in [9.17, 15) is 4.79 Å². The van der Waals surface area contributed by atoms with Gasteiger partial charge in [-0.3, -0.25) is 4.79 Å². The Balaban J connectivity index is 2.50. The van der Waals surface area contributed by atoms with Gasteiger partial charge in [0.2, 0.25) is 0 Å². The van der Waals surface area contributed by atoms with Crippen LogP contribution in [0.2, 0.25) is 0 Å². The zero-order chi connectivity index (χ0) is 12.0. The second kappa shape index (κ2) is 6.12. The summed E-state index contributed by atoms with van der Waals surface area (Å²) in [5.41, 5.74) is 7.55. The van der Waals surface area contributed by atoms with Gasteiger partial charge in [0.1, 0.15) is 0 Å². The van der Waals surface area contributed by atoms with Gasteiger partial charge in [-0.1, -0.05) is 18.2 Å². The number of anilines is 1. The van der Waals surface area contributed by atoms with Gasteiger partial charge >= 0.3 is 5.97 Å². The van der Waals surface area contributed by atoms with Crippen molar-refractivity contribution in [1.29, 1.82) is 0 Å². The van der Waals surface area contributed by atoms with E-state index in [1.54, 1.807) is 6.92 Å². The molecule has 3 N–H and O–H groups in total. The molecule has 1 rings (SSSR count). The Bertz CT molecular complexity index is 353. The second-order valence-corrected chi connectivity index (χ2v) is 3.54. The first-order valence-electron chi connectivity index (χ1n) is 5.38. The predicted octanol–water partition coefficient (Wildman–Crippen LogP) is 1.48. The molecule has 4 nitrogen and oxygen atoms in total. The summed E-state index contributed by atoms with van der Waals surface area (Å²) in [5.74, 6) is -0.246. The third kappa shape index (κ3) is 3.55. The van der Waals surface area contributed by atoms with Crippen LogP contribution in [0.5, 0.6) is 0 Å². The van der Waals surface area contributed by atoms with Gasteiger partial charge in [0, 0.05) is 11.7 Å². The predicted molar refractivity (Wildman–Crippen MR) is 63.9 cm³/mol. The highest BCUT2D eigenvalue weighted by Crippen LogP contribution is 2.18. The maximum Gasteiger partial charge on any atom is 0.319 e. The summed E-state index contributed by atoms with van der Waals surface area (Å²) in [6.07, 6.45) is 0. The Morgan fingerprint density at radius 2 is 2.19 bits per heavy atom. The van der Waals surface area contributed by atoms with Crippen molar-refractivity contribution in [3.05, 3.63) is 29.8 Å². The van der Waals surface area contributed by atoms with E-state index in [1.807, 2.05) is 31.2 Å². The summed E-state index contributed by atoms with van der Waals surface area (Å²) < 4.78 is 4.83. The molecule has 4 heteroatoms. The summed E-state index contributed by atoms with van der Waals surface area (Å²) in [6, 6.07) is 7.63. The van der Waals surface area contributed by atoms with E-state index in [2.05, 4.69) is 5.32 Å². The number of para-hydroxylation sites is 1. The number of nitrogens with one attached hydrogen (secondary N) is 1. The van der Waals surface area contributed by atoms with Gasteiger partial charge in [-0.25, -0.2) is 0 Å². The van der Waals surface area contributed by atoms with Gasteiger partial charge in [0.15, 0.2) is 0 Å². The number of esters is 1. The third-order valence-electron chi connectivity index (χ3n) is 2.32. The van der Waals surface area contributed by atoms with Gasteiger partial charge in [-0.15, -0.1) is 0 Å². The number of hydrogen-bond acceptors (Lipinski definition) is 4. The van der Waals surface area contributed by atoms with Crippen molar-refractivity contribution in [3.63, 3.8) is 0 Å². The summed E-state index contributed by atoms with van der Waals surface area (Å²) >= 11 is 0. The van der Waals surface area contributed by atoms with Crippen LogP contribution in [0.25, 0.3) is 0 Å². The molecule has 0 saturated heterocycles. The average Bonchev–Trinajstić information content (AvgIpc) is 2.27. The molecule has 0 heterocycles. The molecule has 0 unspecified atom stereocenters. The van der Waals surface area contributed by atoms with Crippen LogP contribution in [0, 0.1) is 0 Å². The molecule has 0 aliphatic rings. The van der Waals surface area contributed by atoms with Crippen LogP contribution in [0.4, 0.5) is 5.69 Å². The normalized spacial score (nSPS) is 12.1. The first kappa shape index (κ1) is 12.5. The largest absolute Gasteiger partial charge is 0.465 e. The number of nitrogens with two attached hydrogens (primary N) is 1. The number of carbonyl (C=O) groups excluding carboxylic acids is 1. The maximum atomic E-state index is 11.1. The first-order valence-corrected chi connectivity index (χ1v) is 5.38. The molecule has 88 valence electrons. The molecule has 0 aromatic heterocycles. The van der Waals surface area contributed by atoms with E-state index < -0.39 is 0 Å². The van der Waals surface area contributed by atoms with Crippen molar-refractivity contribution < 1.29 is 9.53 Å². The topological polar surface area (TPSA) is 64.3 Å².